The van der Waals surface area contributed by atoms with Crippen molar-refractivity contribution in [3.05, 3.63) is 99.5 Å². The van der Waals surface area contributed by atoms with E-state index in [1.807, 2.05) is 88.4 Å². The molecule has 0 aliphatic carbocycles. The Bertz CT molecular complexity index is 1570. The lowest BCUT2D eigenvalue weighted by atomic mass is 9.84. The van der Waals surface area contributed by atoms with Crippen LogP contribution in [0.15, 0.2) is 72.8 Å². The molecule has 1 fully saturated rings. The van der Waals surface area contributed by atoms with Crippen LogP contribution in [0.4, 0.5) is 18.9 Å². The molecule has 1 aliphatic rings. The molecule has 1 aliphatic heterocycles. The standard InChI is InChI=1S/C35H38Cl2F3N3O2S/c1-22(2)44-21-34(3,4)45-32-20-31(41-28-15-17-43(18-16-28)46-35(38,39)40)29-19-25(9-14-30(29)42-32)33(23-5-10-26(36)11-6-23)24-7-12-27(37)13-8-24/h5-14,19-20,22,28,33H,15-18,21H2,1-4H3,(H,41,42). The highest BCUT2D eigenvalue weighted by molar-refractivity contribution is 7.97. The summed E-state index contributed by atoms with van der Waals surface area (Å²) in [5, 5.41) is 5.84. The number of alkyl halides is 3. The number of rotatable bonds is 11. The number of hydrogen-bond acceptors (Lipinski definition) is 6. The van der Waals surface area contributed by atoms with Crippen LogP contribution < -0.4 is 10.1 Å². The first-order valence-electron chi connectivity index (χ1n) is 15.3. The number of aromatic nitrogens is 1. The van der Waals surface area contributed by atoms with E-state index in [9.17, 15) is 13.2 Å². The van der Waals surface area contributed by atoms with Crippen LogP contribution in [0.3, 0.4) is 0 Å². The number of anilines is 1. The van der Waals surface area contributed by atoms with Gasteiger partial charge >= 0.3 is 5.51 Å². The lowest BCUT2D eigenvalue weighted by Gasteiger charge is -2.32. The quantitative estimate of drug-likeness (QED) is 0.125. The lowest BCUT2D eigenvalue weighted by Crippen LogP contribution is -2.37. The van der Waals surface area contributed by atoms with Crippen LogP contribution >= 0.6 is 35.1 Å². The summed E-state index contributed by atoms with van der Waals surface area (Å²) in [6, 6.07) is 23.7. The van der Waals surface area contributed by atoms with E-state index in [4.69, 9.17) is 37.7 Å². The van der Waals surface area contributed by atoms with E-state index >= 15 is 0 Å². The summed E-state index contributed by atoms with van der Waals surface area (Å²) in [4.78, 5) is 4.87. The van der Waals surface area contributed by atoms with Gasteiger partial charge in [-0.3, -0.25) is 0 Å². The van der Waals surface area contributed by atoms with Gasteiger partial charge in [-0.25, -0.2) is 9.29 Å². The van der Waals surface area contributed by atoms with Crippen molar-refractivity contribution >= 4 is 51.7 Å². The van der Waals surface area contributed by atoms with E-state index in [0.717, 1.165) is 33.3 Å². The Morgan fingerprint density at radius 3 is 2.00 bits per heavy atom. The van der Waals surface area contributed by atoms with E-state index in [0.29, 0.717) is 48.5 Å². The third-order valence-corrected chi connectivity index (χ3v) is 9.07. The van der Waals surface area contributed by atoms with Crippen LogP contribution in [0.2, 0.25) is 10.0 Å². The molecule has 0 bridgehead atoms. The van der Waals surface area contributed by atoms with E-state index in [1.54, 1.807) is 0 Å². The van der Waals surface area contributed by atoms with E-state index in [2.05, 4.69) is 17.4 Å². The van der Waals surface area contributed by atoms with Gasteiger partial charge in [-0.15, -0.1) is 0 Å². The summed E-state index contributed by atoms with van der Waals surface area (Å²) in [6.07, 6.45) is 1.18. The van der Waals surface area contributed by atoms with Crippen molar-refractivity contribution in [1.82, 2.24) is 9.29 Å². The Kier molecular flexibility index (Phi) is 11.0. The average molecular weight is 693 g/mol. The second-order valence-corrected chi connectivity index (χ2v) is 14.5. The molecule has 2 heterocycles. The number of ether oxygens (including phenoxy) is 2. The minimum atomic E-state index is -4.29. The SMILES string of the molecule is CC(C)OCC(C)(C)Oc1cc(NC2CCN(SC(F)(F)F)CC2)c2cc(C(c3ccc(Cl)cc3)c3ccc(Cl)cc3)ccc2n1. The minimum absolute atomic E-state index is 0.0206. The van der Waals surface area contributed by atoms with Crippen molar-refractivity contribution in [2.24, 2.45) is 0 Å². The molecule has 0 saturated carbocycles. The second kappa shape index (κ2) is 14.6. The Balaban J connectivity index is 1.53. The molecular weight excluding hydrogens is 654 g/mol. The van der Waals surface area contributed by atoms with Crippen molar-refractivity contribution in [1.29, 1.82) is 0 Å². The van der Waals surface area contributed by atoms with Crippen LogP contribution in [-0.2, 0) is 4.74 Å². The summed E-state index contributed by atoms with van der Waals surface area (Å²) in [5.41, 5.74) is -0.212. The maximum atomic E-state index is 13.0. The number of halogens is 5. The second-order valence-electron chi connectivity index (χ2n) is 12.4. The Labute approximate surface area is 282 Å². The molecule has 246 valence electrons. The molecule has 3 aromatic carbocycles. The summed E-state index contributed by atoms with van der Waals surface area (Å²) < 4.78 is 52.5. The zero-order chi connectivity index (χ0) is 33.1. The van der Waals surface area contributed by atoms with Crippen molar-refractivity contribution in [2.75, 3.05) is 25.0 Å². The number of hydrogen-bond donors (Lipinski definition) is 1. The first-order valence-corrected chi connectivity index (χ1v) is 16.8. The largest absolute Gasteiger partial charge is 0.469 e. The molecule has 1 aromatic heterocycles. The maximum Gasteiger partial charge on any atom is 0.456 e. The highest BCUT2D eigenvalue weighted by Gasteiger charge is 2.34. The molecule has 11 heteroatoms. The van der Waals surface area contributed by atoms with E-state index < -0.39 is 11.1 Å². The fourth-order valence-electron chi connectivity index (χ4n) is 5.60. The number of nitrogens with one attached hydrogen (secondary N) is 1. The van der Waals surface area contributed by atoms with Crippen LogP contribution in [0, 0.1) is 0 Å². The van der Waals surface area contributed by atoms with Crippen LogP contribution in [0.1, 0.15) is 63.1 Å². The van der Waals surface area contributed by atoms with Crippen LogP contribution in [0.5, 0.6) is 5.88 Å². The van der Waals surface area contributed by atoms with Gasteiger partial charge in [-0.2, -0.15) is 13.2 Å². The summed E-state index contributed by atoms with van der Waals surface area (Å²) in [5.74, 6) is 0.328. The van der Waals surface area contributed by atoms with Crippen molar-refractivity contribution in [3.8, 4) is 5.88 Å². The topological polar surface area (TPSA) is 46.6 Å². The predicted octanol–water partition coefficient (Wildman–Crippen LogP) is 10.3. The predicted molar refractivity (Wildman–Crippen MR) is 183 cm³/mol. The molecule has 46 heavy (non-hydrogen) atoms. The molecule has 0 radical (unpaired) electrons. The zero-order valence-electron chi connectivity index (χ0n) is 26.2. The maximum absolute atomic E-state index is 13.0. The first-order chi connectivity index (χ1) is 21.7. The van der Waals surface area contributed by atoms with Gasteiger partial charge in [0, 0.05) is 64.2 Å². The van der Waals surface area contributed by atoms with Crippen LogP contribution in [0.25, 0.3) is 10.9 Å². The first kappa shape index (κ1) is 34.6. The smallest absolute Gasteiger partial charge is 0.456 e. The molecule has 0 unspecified atom stereocenters. The highest BCUT2D eigenvalue weighted by Crippen LogP contribution is 2.39. The molecule has 0 atom stereocenters. The monoisotopic (exact) mass is 691 g/mol. The Hall–Kier alpha value is -2.69. The Morgan fingerprint density at radius 1 is 0.891 bits per heavy atom. The van der Waals surface area contributed by atoms with Gasteiger partial charge in [0.2, 0.25) is 5.88 Å². The molecule has 0 amide bonds. The molecule has 1 N–H and O–H groups in total. The fraction of sp³-hybridized carbons (Fsp3) is 0.400. The van der Waals surface area contributed by atoms with Crippen LogP contribution in [-0.4, -0.2) is 52.2 Å². The number of fused-ring (bicyclic) bond motifs is 1. The van der Waals surface area contributed by atoms with Crippen molar-refractivity contribution in [3.63, 3.8) is 0 Å². The zero-order valence-corrected chi connectivity index (χ0v) is 28.5. The van der Waals surface area contributed by atoms with Gasteiger partial charge in [-0.1, -0.05) is 53.5 Å². The third kappa shape index (κ3) is 9.44. The molecule has 5 nitrogen and oxygen atoms in total. The minimum Gasteiger partial charge on any atom is -0.469 e. The molecule has 5 rings (SSSR count). The fourth-order valence-corrected chi connectivity index (χ4v) is 6.53. The van der Waals surface area contributed by atoms with Gasteiger partial charge in [0.15, 0.2) is 0 Å². The molecule has 0 spiro atoms. The summed E-state index contributed by atoms with van der Waals surface area (Å²) >= 11 is 12.4. The third-order valence-electron chi connectivity index (χ3n) is 7.74. The van der Waals surface area contributed by atoms with Gasteiger partial charge in [0.1, 0.15) is 5.60 Å². The van der Waals surface area contributed by atoms with Gasteiger partial charge in [0.25, 0.3) is 0 Å². The number of pyridine rings is 1. The lowest BCUT2D eigenvalue weighted by molar-refractivity contribution is -0.0366. The Morgan fingerprint density at radius 2 is 1.46 bits per heavy atom. The highest BCUT2D eigenvalue weighted by atomic mass is 35.5. The summed E-state index contributed by atoms with van der Waals surface area (Å²) in [6.45, 7) is 8.89. The average Bonchev–Trinajstić information content (AvgIpc) is 2.98. The van der Waals surface area contributed by atoms with Gasteiger partial charge < -0.3 is 14.8 Å². The number of benzene rings is 3. The molecular formula is C35H38Cl2F3N3O2S. The van der Waals surface area contributed by atoms with E-state index in [1.165, 1.54) is 4.31 Å². The summed E-state index contributed by atoms with van der Waals surface area (Å²) in [7, 11) is 0. The van der Waals surface area contributed by atoms with Gasteiger partial charge in [0.05, 0.1) is 18.2 Å². The number of piperidine rings is 1. The van der Waals surface area contributed by atoms with Gasteiger partial charge in [-0.05, 0) is 93.6 Å². The van der Waals surface area contributed by atoms with E-state index in [-0.39, 0.29) is 30.0 Å². The van der Waals surface area contributed by atoms with Crippen molar-refractivity contribution in [2.45, 2.75) is 69.7 Å². The van der Waals surface area contributed by atoms with Crippen molar-refractivity contribution < 1.29 is 22.6 Å². The number of nitrogens with zero attached hydrogens (tertiary/aromatic N) is 2. The molecule has 1 saturated heterocycles. The molecule has 4 aromatic rings. The normalized spacial score (nSPS) is 15.2.